The van der Waals surface area contributed by atoms with Gasteiger partial charge in [0.05, 0.1) is 23.7 Å². The molecule has 0 radical (unpaired) electrons. The summed E-state index contributed by atoms with van der Waals surface area (Å²) in [5, 5.41) is 8.94. The van der Waals surface area contributed by atoms with Crippen LogP contribution in [0.2, 0.25) is 0 Å². The van der Waals surface area contributed by atoms with E-state index >= 15 is 0 Å². The molecule has 0 unspecified atom stereocenters. The summed E-state index contributed by atoms with van der Waals surface area (Å²) in [5.74, 6) is 0. The summed E-state index contributed by atoms with van der Waals surface area (Å²) >= 11 is 0. The van der Waals surface area contributed by atoms with Crippen molar-refractivity contribution in [1.29, 1.82) is 5.26 Å². The topological polar surface area (TPSA) is 68.3 Å². The lowest BCUT2D eigenvalue weighted by molar-refractivity contribution is 0.00578. The number of rotatable bonds is 4. The Labute approximate surface area is 133 Å². The molecule has 0 aromatic heterocycles. The highest BCUT2D eigenvalue weighted by Crippen LogP contribution is 2.38. The maximum Gasteiger partial charge on any atom is 0.491 e. The minimum atomic E-state index is -0.454. The monoisotopic (exact) mass is 298 g/mol. The van der Waals surface area contributed by atoms with Gasteiger partial charge in [0.25, 0.3) is 0 Å². The Morgan fingerprint density at radius 3 is 2.36 bits per heavy atom. The van der Waals surface area contributed by atoms with Crippen LogP contribution in [0.15, 0.2) is 29.7 Å². The first-order valence-corrected chi connectivity index (χ1v) is 7.52. The Morgan fingerprint density at radius 1 is 1.23 bits per heavy atom. The Balaban J connectivity index is 2.32. The zero-order valence-corrected chi connectivity index (χ0v) is 13.7. The van der Waals surface area contributed by atoms with Crippen LogP contribution in [-0.2, 0) is 15.7 Å². The van der Waals surface area contributed by atoms with Gasteiger partial charge in [-0.05, 0) is 44.3 Å². The Morgan fingerprint density at radius 2 is 1.82 bits per heavy atom. The normalized spacial score (nSPS) is 20.0. The lowest BCUT2D eigenvalue weighted by Crippen LogP contribution is -2.41. The SMILES string of the molecule is CC1(C)OB(C(=Cc2ccccc2CC#N)CN)OC1(C)C. The van der Waals surface area contributed by atoms with E-state index in [1.54, 1.807) is 0 Å². The third kappa shape index (κ3) is 3.25. The fourth-order valence-corrected chi connectivity index (χ4v) is 2.34. The molecule has 116 valence electrons. The molecule has 0 spiro atoms. The highest BCUT2D eigenvalue weighted by atomic mass is 16.7. The van der Waals surface area contributed by atoms with Gasteiger partial charge in [0.2, 0.25) is 0 Å². The van der Waals surface area contributed by atoms with Gasteiger partial charge in [-0.25, -0.2) is 0 Å². The number of hydrogen-bond acceptors (Lipinski definition) is 4. The zero-order valence-electron chi connectivity index (χ0n) is 13.7. The van der Waals surface area contributed by atoms with Crippen molar-refractivity contribution in [3.05, 3.63) is 40.9 Å². The quantitative estimate of drug-likeness (QED) is 0.868. The fraction of sp³-hybridized carbons (Fsp3) is 0.471. The molecule has 1 fully saturated rings. The number of nitrogens with zero attached hydrogens (tertiary/aromatic N) is 1. The van der Waals surface area contributed by atoms with Crippen molar-refractivity contribution in [1.82, 2.24) is 0 Å². The second kappa shape index (κ2) is 6.25. The van der Waals surface area contributed by atoms with Crippen LogP contribution in [0.25, 0.3) is 6.08 Å². The number of benzene rings is 1. The molecule has 4 nitrogen and oxygen atoms in total. The second-order valence-electron chi connectivity index (χ2n) is 6.55. The average Bonchev–Trinajstić information content (AvgIpc) is 2.66. The van der Waals surface area contributed by atoms with Gasteiger partial charge in [-0.15, -0.1) is 0 Å². The van der Waals surface area contributed by atoms with E-state index in [0.29, 0.717) is 13.0 Å². The van der Waals surface area contributed by atoms with Crippen LogP contribution in [0, 0.1) is 11.3 Å². The van der Waals surface area contributed by atoms with Gasteiger partial charge in [-0.3, -0.25) is 0 Å². The summed E-state index contributed by atoms with van der Waals surface area (Å²) in [4.78, 5) is 0. The van der Waals surface area contributed by atoms with Crippen LogP contribution in [0.5, 0.6) is 0 Å². The minimum absolute atomic E-state index is 0.345. The first-order valence-electron chi connectivity index (χ1n) is 7.52. The molecule has 22 heavy (non-hydrogen) atoms. The number of hydrogen-bond donors (Lipinski definition) is 1. The summed E-state index contributed by atoms with van der Waals surface area (Å²) < 4.78 is 12.1. The molecule has 0 atom stereocenters. The van der Waals surface area contributed by atoms with Gasteiger partial charge in [0.1, 0.15) is 0 Å². The van der Waals surface area contributed by atoms with Gasteiger partial charge in [-0.1, -0.05) is 30.3 Å². The third-order valence-electron chi connectivity index (χ3n) is 4.46. The largest absolute Gasteiger partial charge is 0.491 e. The maximum atomic E-state index is 8.94. The molecule has 0 aliphatic carbocycles. The Kier molecular flexibility index (Phi) is 4.76. The molecule has 5 heteroatoms. The minimum Gasteiger partial charge on any atom is -0.400 e. The second-order valence-corrected chi connectivity index (χ2v) is 6.55. The van der Waals surface area contributed by atoms with Crippen molar-refractivity contribution in [2.24, 2.45) is 5.73 Å². The molecule has 1 aliphatic rings. The predicted octanol–water partition coefficient (Wildman–Crippen LogP) is 2.73. The first kappa shape index (κ1) is 16.8. The standard InChI is InChI=1S/C17H23BN2O2/c1-16(2)17(3,4)22-18(21-16)15(12-20)11-14-8-6-5-7-13(14)9-10-19/h5-8,11H,9,12,20H2,1-4H3. The molecular weight excluding hydrogens is 275 g/mol. The van der Waals surface area contributed by atoms with E-state index in [0.717, 1.165) is 16.6 Å². The van der Waals surface area contributed by atoms with Crippen molar-refractivity contribution in [3.63, 3.8) is 0 Å². The number of nitrogens with two attached hydrogens (primary N) is 1. The van der Waals surface area contributed by atoms with E-state index in [4.69, 9.17) is 20.3 Å². The van der Waals surface area contributed by atoms with Crippen molar-refractivity contribution in [2.75, 3.05) is 6.54 Å². The van der Waals surface area contributed by atoms with E-state index in [2.05, 4.69) is 6.07 Å². The van der Waals surface area contributed by atoms with Crippen LogP contribution in [0.3, 0.4) is 0 Å². The first-order chi connectivity index (χ1) is 10.3. The molecule has 2 rings (SSSR count). The van der Waals surface area contributed by atoms with E-state index in [-0.39, 0.29) is 0 Å². The van der Waals surface area contributed by atoms with Crippen molar-refractivity contribution >= 4 is 13.2 Å². The van der Waals surface area contributed by atoms with Crippen molar-refractivity contribution in [3.8, 4) is 6.07 Å². The highest BCUT2D eigenvalue weighted by molar-refractivity contribution is 6.55. The molecule has 1 aromatic carbocycles. The van der Waals surface area contributed by atoms with Crippen molar-refractivity contribution in [2.45, 2.75) is 45.3 Å². The van der Waals surface area contributed by atoms with E-state index in [1.807, 2.05) is 58.0 Å². The average molecular weight is 298 g/mol. The van der Waals surface area contributed by atoms with Crippen LogP contribution in [0.1, 0.15) is 38.8 Å². The summed E-state index contributed by atoms with van der Waals surface area (Å²) in [6.45, 7) is 8.42. The van der Waals surface area contributed by atoms with E-state index < -0.39 is 18.3 Å². The lowest BCUT2D eigenvalue weighted by atomic mass is 9.76. The molecular formula is C17H23BN2O2. The predicted molar refractivity (Wildman–Crippen MR) is 88.9 cm³/mol. The summed E-state index contributed by atoms with van der Waals surface area (Å²) in [7, 11) is -0.454. The highest BCUT2D eigenvalue weighted by Gasteiger charge is 2.52. The maximum absolute atomic E-state index is 8.94. The fourth-order valence-electron chi connectivity index (χ4n) is 2.34. The number of nitriles is 1. The van der Waals surface area contributed by atoms with Gasteiger partial charge in [0, 0.05) is 6.54 Å². The van der Waals surface area contributed by atoms with Crippen LogP contribution >= 0.6 is 0 Å². The van der Waals surface area contributed by atoms with Gasteiger partial charge >= 0.3 is 7.12 Å². The van der Waals surface area contributed by atoms with E-state index in [9.17, 15) is 0 Å². The Hall–Kier alpha value is -1.61. The van der Waals surface area contributed by atoms with Crippen LogP contribution < -0.4 is 5.73 Å². The van der Waals surface area contributed by atoms with Crippen LogP contribution in [0.4, 0.5) is 0 Å². The summed E-state index contributed by atoms with van der Waals surface area (Å²) in [6, 6.07) is 10.0. The molecule has 1 aromatic rings. The molecule has 1 aliphatic heterocycles. The molecule has 0 bridgehead atoms. The van der Waals surface area contributed by atoms with Crippen LogP contribution in [-0.4, -0.2) is 24.9 Å². The van der Waals surface area contributed by atoms with Gasteiger partial charge in [0.15, 0.2) is 0 Å². The van der Waals surface area contributed by atoms with E-state index in [1.165, 1.54) is 0 Å². The lowest BCUT2D eigenvalue weighted by Gasteiger charge is -2.32. The smallest absolute Gasteiger partial charge is 0.400 e. The molecule has 0 amide bonds. The van der Waals surface area contributed by atoms with Gasteiger partial charge < -0.3 is 15.0 Å². The summed E-state index contributed by atoms with van der Waals surface area (Å²) in [6.07, 6.45) is 2.35. The summed E-state index contributed by atoms with van der Waals surface area (Å²) in [5.41, 5.74) is 7.97. The Bertz CT molecular complexity index is 601. The molecule has 0 saturated carbocycles. The van der Waals surface area contributed by atoms with Gasteiger partial charge in [-0.2, -0.15) is 5.26 Å². The molecule has 1 saturated heterocycles. The van der Waals surface area contributed by atoms with Crippen molar-refractivity contribution < 1.29 is 9.31 Å². The third-order valence-corrected chi connectivity index (χ3v) is 4.46. The molecule has 1 heterocycles. The molecule has 2 N–H and O–H groups in total. The zero-order chi connectivity index (χ0) is 16.4.